The average molecular weight is 334 g/mol. The van der Waals surface area contributed by atoms with E-state index in [1.165, 1.54) is 15.6 Å². The summed E-state index contributed by atoms with van der Waals surface area (Å²) in [6.45, 7) is 3.47. The first-order valence-corrected chi connectivity index (χ1v) is 8.81. The Labute approximate surface area is 127 Å². The molecule has 4 nitrogen and oxygen atoms in total. The van der Waals surface area contributed by atoms with Gasteiger partial charge in [-0.2, -0.15) is 4.31 Å². The Hall–Kier alpha value is -0.660. The second kappa shape index (κ2) is 5.99. The number of hydrogen-bond acceptors (Lipinski definition) is 4. The highest BCUT2D eigenvalue weighted by Gasteiger charge is 2.28. The van der Waals surface area contributed by atoms with Crippen molar-refractivity contribution in [1.29, 1.82) is 0 Å². The maximum absolute atomic E-state index is 12.6. The molecule has 0 fully saturated rings. The molecule has 1 aromatic carbocycles. The van der Waals surface area contributed by atoms with Crippen molar-refractivity contribution in [3.05, 3.63) is 29.3 Å². The fraction of sp³-hybridized carbons (Fsp3) is 0.385. The number of aliphatic hydroxyl groups is 1. The van der Waals surface area contributed by atoms with Crippen molar-refractivity contribution in [3.8, 4) is 0 Å². The lowest BCUT2D eigenvalue weighted by molar-refractivity contribution is 0.237. The summed E-state index contributed by atoms with van der Waals surface area (Å²) >= 11 is 7.13. The lowest BCUT2D eigenvalue weighted by atomic mass is 10.3. The van der Waals surface area contributed by atoms with Crippen molar-refractivity contribution >= 4 is 43.0 Å². The molecule has 0 unspecified atom stereocenters. The lowest BCUT2D eigenvalue weighted by Crippen LogP contribution is -2.38. The van der Waals surface area contributed by atoms with Crippen LogP contribution in [0.3, 0.4) is 0 Å². The van der Waals surface area contributed by atoms with E-state index in [2.05, 4.69) is 0 Å². The molecule has 110 valence electrons. The number of hydrogen-bond donors (Lipinski definition) is 1. The van der Waals surface area contributed by atoms with Crippen LogP contribution in [0.4, 0.5) is 0 Å². The van der Waals surface area contributed by atoms with E-state index in [4.69, 9.17) is 16.7 Å². The average Bonchev–Trinajstić information content (AvgIpc) is 2.78. The highest BCUT2D eigenvalue weighted by Crippen LogP contribution is 2.33. The summed E-state index contributed by atoms with van der Waals surface area (Å²) < 4.78 is 27.7. The molecule has 0 aliphatic rings. The molecule has 2 rings (SSSR count). The standard InChI is InChI=1S/C13H16ClNO3S2/c1-9(2)15(5-6-16)20(17,18)13-8-10-7-11(14)3-4-12(10)19-13/h3-4,7-9,16H,5-6H2,1-2H3. The quantitative estimate of drug-likeness (QED) is 0.915. The van der Waals surface area contributed by atoms with Crippen LogP contribution in [0, 0.1) is 0 Å². The third-order valence-corrected chi connectivity index (χ3v) is 6.79. The minimum absolute atomic E-state index is 0.0923. The van der Waals surface area contributed by atoms with Crippen molar-refractivity contribution < 1.29 is 13.5 Å². The zero-order valence-electron chi connectivity index (χ0n) is 11.2. The highest BCUT2D eigenvalue weighted by molar-refractivity contribution is 7.91. The smallest absolute Gasteiger partial charge is 0.252 e. The van der Waals surface area contributed by atoms with E-state index in [0.29, 0.717) is 5.02 Å². The monoisotopic (exact) mass is 333 g/mol. The van der Waals surface area contributed by atoms with Crippen LogP contribution in [0.1, 0.15) is 13.8 Å². The molecule has 0 amide bonds. The van der Waals surface area contributed by atoms with Gasteiger partial charge in [0.25, 0.3) is 10.0 Å². The van der Waals surface area contributed by atoms with Crippen molar-refractivity contribution in [3.63, 3.8) is 0 Å². The van der Waals surface area contributed by atoms with Crippen molar-refractivity contribution in [1.82, 2.24) is 4.31 Å². The van der Waals surface area contributed by atoms with Gasteiger partial charge in [0.15, 0.2) is 0 Å². The molecule has 1 aromatic heterocycles. The van der Waals surface area contributed by atoms with Gasteiger partial charge in [0.2, 0.25) is 0 Å². The molecular formula is C13H16ClNO3S2. The molecule has 1 N–H and O–H groups in total. The van der Waals surface area contributed by atoms with Gasteiger partial charge in [0.1, 0.15) is 4.21 Å². The largest absolute Gasteiger partial charge is 0.395 e. The van der Waals surface area contributed by atoms with Gasteiger partial charge in [-0.3, -0.25) is 0 Å². The maximum Gasteiger partial charge on any atom is 0.252 e. The Balaban J connectivity index is 2.50. The van der Waals surface area contributed by atoms with Crippen LogP contribution in [0.15, 0.2) is 28.5 Å². The SMILES string of the molecule is CC(C)N(CCO)S(=O)(=O)c1cc2cc(Cl)ccc2s1. The van der Waals surface area contributed by atoms with Gasteiger partial charge in [-0.1, -0.05) is 11.6 Å². The molecule has 0 bridgehead atoms. The predicted molar refractivity (Wildman–Crippen MR) is 82.9 cm³/mol. The Morgan fingerprint density at radius 2 is 2.05 bits per heavy atom. The molecule has 0 atom stereocenters. The van der Waals surface area contributed by atoms with Crippen molar-refractivity contribution in [2.24, 2.45) is 0 Å². The summed E-state index contributed by atoms with van der Waals surface area (Å²) in [6.07, 6.45) is 0. The molecular weight excluding hydrogens is 318 g/mol. The third kappa shape index (κ3) is 2.99. The number of benzene rings is 1. The fourth-order valence-electron chi connectivity index (χ4n) is 1.99. The van der Waals surface area contributed by atoms with Crippen LogP contribution in [-0.4, -0.2) is 37.0 Å². The lowest BCUT2D eigenvalue weighted by Gasteiger charge is -2.24. The van der Waals surface area contributed by atoms with Gasteiger partial charge in [-0.25, -0.2) is 8.42 Å². The maximum atomic E-state index is 12.6. The summed E-state index contributed by atoms with van der Waals surface area (Å²) in [6, 6.07) is 6.73. The first-order valence-electron chi connectivity index (χ1n) is 6.18. The van der Waals surface area contributed by atoms with Crippen LogP contribution in [-0.2, 0) is 10.0 Å². The topological polar surface area (TPSA) is 57.6 Å². The van der Waals surface area contributed by atoms with E-state index in [0.717, 1.165) is 10.1 Å². The van der Waals surface area contributed by atoms with Gasteiger partial charge in [-0.05, 0) is 43.5 Å². The molecule has 0 spiro atoms. The number of nitrogens with zero attached hydrogens (tertiary/aromatic N) is 1. The van der Waals surface area contributed by atoms with E-state index < -0.39 is 10.0 Å². The van der Waals surface area contributed by atoms with E-state index in [-0.39, 0.29) is 23.4 Å². The molecule has 20 heavy (non-hydrogen) atoms. The number of aliphatic hydroxyl groups excluding tert-OH is 1. The zero-order chi connectivity index (χ0) is 14.9. The molecule has 0 aliphatic carbocycles. The van der Waals surface area contributed by atoms with E-state index in [1.807, 2.05) is 6.07 Å². The van der Waals surface area contributed by atoms with Crippen molar-refractivity contribution in [2.75, 3.05) is 13.2 Å². The van der Waals surface area contributed by atoms with Crippen LogP contribution < -0.4 is 0 Å². The van der Waals surface area contributed by atoms with E-state index in [1.54, 1.807) is 32.0 Å². The molecule has 0 aliphatic heterocycles. The summed E-state index contributed by atoms with van der Waals surface area (Å²) in [5.74, 6) is 0. The summed E-state index contributed by atoms with van der Waals surface area (Å²) in [7, 11) is -3.59. The molecule has 0 saturated carbocycles. The molecule has 1 heterocycles. The number of rotatable bonds is 5. The van der Waals surface area contributed by atoms with Crippen LogP contribution >= 0.6 is 22.9 Å². The Bertz CT molecular complexity index is 709. The van der Waals surface area contributed by atoms with Crippen LogP contribution in [0.25, 0.3) is 10.1 Å². The minimum atomic E-state index is -3.59. The molecule has 0 radical (unpaired) electrons. The van der Waals surface area contributed by atoms with Gasteiger partial charge >= 0.3 is 0 Å². The van der Waals surface area contributed by atoms with E-state index in [9.17, 15) is 8.42 Å². The summed E-state index contributed by atoms with van der Waals surface area (Å²) in [4.78, 5) is 0. The Morgan fingerprint density at radius 1 is 1.35 bits per heavy atom. The second-order valence-electron chi connectivity index (χ2n) is 4.68. The molecule has 0 saturated heterocycles. The Kier molecular flexibility index (Phi) is 4.71. The molecule has 7 heteroatoms. The minimum Gasteiger partial charge on any atom is -0.395 e. The first-order chi connectivity index (χ1) is 9.36. The molecule has 2 aromatic rings. The second-order valence-corrected chi connectivity index (χ2v) is 8.32. The summed E-state index contributed by atoms with van der Waals surface area (Å²) in [5.41, 5.74) is 0. The van der Waals surface area contributed by atoms with E-state index >= 15 is 0 Å². The van der Waals surface area contributed by atoms with Gasteiger partial charge in [-0.15, -0.1) is 11.3 Å². The predicted octanol–water partition coefficient (Wildman–Crippen LogP) is 2.95. The van der Waals surface area contributed by atoms with Gasteiger partial charge in [0, 0.05) is 22.3 Å². The first kappa shape index (κ1) is 15.7. The third-order valence-electron chi connectivity index (χ3n) is 2.92. The fourth-order valence-corrected chi connectivity index (χ4v) is 5.30. The van der Waals surface area contributed by atoms with Gasteiger partial charge < -0.3 is 5.11 Å². The Morgan fingerprint density at radius 3 is 2.65 bits per heavy atom. The zero-order valence-corrected chi connectivity index (χ0v) is 13.6. The number of halogens is 1. The van der Waals surface area contributed by atoms with Crippen molar-refractivity contribution in [2.45, 2.75) is 24.1 Å². The number of fused-ring (bicyclic) bond motifs is 1. The number of sulfonamides is 1. The highest BCUT2D eigenvalue weighted by atomic mass is 35.5. The normalized spacial score (nSPS) is 12.7. The van der Waals surface area contributed by atoms with Gasteiger partial charge in [0.05, 0.1) is 6.61 Å². The number of thiophene rings is 1. The van der Waals surface area contributed by atoms with Crippen LogP contribution in [0.2, 0.25) is 5.02 Å². The van der Waals surface area contributed by atoms with Crippen LogP contribution in [0.5, 0.6) is 0 Å². The summed E-state index contributed by atoms with van der Waals surface area (Å²) in [5, 5.41) is 10.4.